The van der Waals surface area contributed by atoms with Crippen molar-refractivity contribution in [2.75, 3.05) is 0 Å². The fraction of sp³-hybridized carbons (Fsp3) is 0.500. The van der Waals surface area contributed by atoms with Crippen molar-refractivity contribution < 1.29 is 4.79 Å². The van der Waals surface area contributed by atoms with Crippen molar-refractivity contribution >= 4 is 5.91 Å². The van der Waals surface area contributed by atoms with Crippen molar-refractivity contribution in [3.63, 3.8) is 0 Å². The van der Waals surface area contributed by atoms with Gasteiger partial charge >= 0.3 is 0 Å². The molecule has 2 N–H and O–H groups in total. The molecule has 1 unspecified atom stereocenters. The van der Waals surface area contributed by atoms with Gasteiger partial charge in [-0.2, -0.15) is 5.26 Å². The van der Waals surface area contributed by atoms with Crippen LogP contribution in [0.5, 0.6) is 0 Å². The largest absolute Gasteiger partial charge is 0.349 e. The van der Waals surface area contributed by atoms with Gasteiger partial charge in [0.1, 0.15) is 5.92 Å². The quantitative estimate of drug-likeness (QED) is 0.765. The number of carbonyl (C=O) groups excluding carboxylic acids is 1. The number of imidazole rings is 1. The monoisotopic (exact) mass is 206 g/mol. The van der Waals surface area contributed by atoms with Crippen LogP contribution in [0.15, 0.2) is 12.5 Å². The predicted octanol–water partition coefficient (Wildman–Crippen LogP) is 0.822. The van der Waals surface area contributed by atoms with E-state index in [1.165, 1.54) is 0 Å². The van der Waals surface area contributed by atoms with Gasteiger partial charge in [-0.1, -0.05) is 13.8 Å². The molecule has 0 bridgehead atoms. The van der Waals surface area contributed by atoms with Gasteiger partial charge in [-0.15, -0.1) is 0 Å². The summed E-state index contributed by atoms with van der Waals surface area (Å²) in [5, 5.41) is 11.5. The van der Waals surface area contributed by atoms with Crippen molar-refractivity contribution in [1.82, 2.24) is 15.3 Å². The van der Waals surface area contributed by atoms with Gasteiger partial charge in [0.15, 0.2) is 0 Å². The first kappa shape index (κ1) is 11.2. The number of amides is 1. The summed E-state index contributed by atoms with van der Waals surface area (Å²) in [6.07, 6.45) is 3.18. The molecule has 1 heterocycles. The standard InChI is InChI=1S/C10H14N4O/c1-7(2)9(3-11)10(15)13-5-8-4-12-6-14-8/h4,6-7,9H,5H2,1-2H3,(H,12,14)(H,13,15). The van der Waals surface area contributed by atoms with Gasteiger partial charge in [-0.05, 0) is 5.92 Å². The number of aromatic amines is 1. The number of hydrogen-bond donors (Lipinski definition) is 2. The van der Waals surface area contributed by atoms with Crippen LogP contribution >= 0.6 is 0 Å². The van der Waals surface area contributed by atoms with Crippen molar-refractivity contribution in [3.05, 3.63) is 18.2 Å². The normalized spacial score (nSPS) is 12.1. The van der Waals surface area contributed by atoms with Gasteiger partial charge in [0.2, 0.25) is 5.91 Å². The molecule has 5 nitrogen and oxygen atoms in total. The second kappa shape index (κ2) is 5.15. The third-order valence-electron chi connectivity index (χ3n) is 2.10. The highest BCUT2D eigenvalue weighted by Gasteiger charge is 2.21. The molecule has 0 saturated heterocycles. The molecule has 0 aliphatic rings. The van der Waals surface area contributed by atoms with E-state index in [-0.39, 0.29) is 11.8 Å². The Bertz CT molecular complexity index is 350. The molecule has 1 rings (SSSR count). The molecular weight excluding hydrogens is 192 g/mol. The van der Waals surface area contributed by atoms with Gasteiger partial charge in [0, 0.05) is 6.20 Å². The van der Waals surface area contributed by atoms with E-state index in [9.17, 15) is 4.79 Å². The minimum atomic E-state index is -0.590. The number of carbonyl (C=O) groups is 1. The van der Waals surface area contributed by atoms with Gasteiger partial charge in [-0.25, -0.2) is 4.98 Å². The molecule has 1 amide bonds. The molecule has 1 aromatic heterocycles. The Morgan fingerprint density at radius 1 is 1.73 bits per heavy atom. The highest BCUT2D eigenvalue weighted by Crippen LogP contribution is 2.09. The lowest BCUT2D eigenvalue weighted by molar-refractivity contribution is -0.124. The van der Waals surface area contributed by atoms with Crippen LogP contribution in [0.1, 0.15) is 19.5 Å². The van der Waals surface area contributed by atoms with Crippen LogP contribution in [0.4, 0.5) is 0 Å². The Kier molecular flexibility index (Phi) is 3.86. The lowest BCUT2D eigenvalue weighted by Gasteiger charge is -2.12. The molecule has 0 aliphatic carbocycles. The van der Waals surface area contributed by atoms with E-state index < -0.39 is 5.92 Å². The maximum absolute atomic E-state index is 11.5. The van der Waals surface area contributed by atoms with Crippen LogP contribution in [-0.4, -0.2) is 15.9 Å². The lowest BCUT2D eigenvalue weighted by atomic mass is 9.97. The minimum Gasteiger partial charge on any atom is -0.349 e. The van der Waals surface area contributed by atoms with E-state index in [2.05, 4.69) is 15.3 Å². The van der Waals surface area contributed by atoms with Crippen LogP contribution < -0.4 is 5.32 Å². The zero-order chi connectivity index (χ0) is 11.3. The molecular formula is C10H14N4O. The molecule has 15 heavy (non-hydrogen) atoms. The average Bonchev–Trinajstić information content (AvgIpc) is 2.67. The Hall–Kier alpha value is -1.83. The Labute approximate surface area is 88.5 Å². The van der Waals surface area contributed by atoms with E-state index in [4.69, 9.17) is 5.26 Å². The first-order valence-electron chi connectivity index (χ1n) is 4.79. The highest BCUT2D eigenvalue weighted by atomic mass is 16.1. The van der Waals surface area contributed by atoms with Crippen molar-refractivity contribution in [3.8, 4) is 6.07 Å². The molecule has 1 aromatic rings. The predicted molar refractivity (Wildman–Crippen MR) is 54.4 cm³/mol. The van der Waals surface area contributed by atoms with Gasteiger partial charge in [0.25, 0.3) is 0 Å². The Morgan fingerprint density at radius 3 is 2.93 bits per heavy atom. The average molecular weight is 206 g/mol. The third kappa shape index (κ3) is 3.09. The SMILES string of the molecule is CC(C)C(C#N)C(=O)NCc1cnc[nH]1. The lowest BCUT2D eigenvalue weighted by Crippen LogP contribution is -2.32. The van der Waals surface area contributed by atoms with E-state index in [1.807, 2.05) is 19.9 Å². The summed E-state index contributed by atoms with van der Waals surface area (Å²) in [7, 11) is 0. The minimum absolute atomic E-state index is 0.0248. The highest BCUT2D eigenvalue weighted by molar-refractivity contribution is 5.81. The number of hydrogen-bond acceptors (Lipinski definition) is 3. The number of nitriles is 1. The summed E-state index contributed by atoms with van der Waals surface area (Å²) in [6.45, 7) is 4.08. The fourth-order valence-corrected chi connectivity index (χ4v) is 1.18. The molecule has 0 aromatic carbocycles. The van der Waals surface area contributed by atoms with Crippen LogP contribution in [0.2, 0.25) is 0 Å². The summed E-state index contributed by atoms with van der Waals surface area (Å²) >= 11 is 0. The zero-order valence-corrected chi connectivity index (χ0v) is 8.82. The fourth-order valence-electron chi connectivity index (χ4n) is 1.18. The van der Waals surface area contributed by atoms with E-state index in [0.717, 1.165) is 5.69 Å². The summed E-state index contributed by atoms with van der Waals surface area (Å²) in [6, 6.07) is 1.99. The summed E-state index contributed by atoms with van der Waals surface area (Å²) in [5.41, 5.74) is 0.823. The zero-order valence-electron chi connectivity index (χ0n) is 8.82. The number of nitrogens with zero attached hydrogens (tertiary/aromatic N) is 2. The van der Waals surface area contributed by atoms with Gasteiger partial charge in [-0.3, -0.25) is 4.79 Å². The molecule has 0 spiro atoms. The molecule has 1 atom stereocenters. The first-order valence-corrected chi connectivity index (χ1v) is 4.79. The van der Waals surface area contributed by atoms with Gasteiger partial charge < -0.3 is 10.3 Å². The maximum atomic E-state index is 11.5. The molecule has 0 radical (unpaired) electrons. The molecule has 0 fully saturated rings. The summed E-state index contributed by atoms with van der Waals surface area (Å²) in [5.74, 6) is -0.799. The smallest absolute Gasteiger partial charge is 0.237 e. The second-order valence-electron chi connectivity index (χ2n) is 3.65. The van der Waals surface area contributed by atoms with Crippen molar-refractivity contribution in [2.45, 2.75) is 20.4 Å². The molecule has 80 valence electrons. The second-order valence-corrected chi connectivity index (χ2v) is 3.65. The number of rotatable bonds is 4. The third-order valence-corrected chi connectivity index (χ3v) is 2.10. The molecule has 5 heteroatoms. The topological polar surface area (TPSA) is 81.6 Å². The number of aromatic nitrogens is 2. The van der Waals surface area contributed by atoms with Crippen molar-refractivity contribution in [1.29, 1.82) is 5.26 Å². The van der Waals surface area contributed by atoms with Crippen LogP contribution in [0.25, 0.3) is 0 Å². The first-order chi connectivity index (χ1) is 7.15. The van der Waals surface area contributed by atoms with Crippen molar-refractivity contribution in [2.24, 2.45) is 11.8 Å². The van der Waals surface area contributed by atoms with E-state index in [0.29, 0.717) is 6.54 Å². The number of nitrogens with one attached hydrogen (secondary N) is 2. The van der Waals surface area contributed by atoms with E-state index in [1.54, 1.807) is 12.5 Å². The van der Waals surface area contributed by atoms with Crippen LogP contribution in [0, 0.1) is 23.2 Å². The Balaban J connectivity index is 2.46. The van der Waals surface area contributed by atoms with E-state index >= 15 is 0 Å². The molecule has 0 aliphatic heterocycles. The van der Waals surface area contributed by atoms with Gasteiger partial charge in [0.05, 0.1) is 24.6 Å². The van der Waals surface area contributed by atoms with Crippen LogP contribution in [0.3, 0.4) is 0 Å². The van der Waals surface area contributed by atoms with Crippen LogP contribution in [-0.2, 0) is 11.3 Å². The Morgan fingerprint density at radius 2 is 2.47 bits per heavy atom. The summed E-state index contributed by atoms with van der Waals surface area (Å²) in [4.78, 5) is 18.2. The summed E-state index contributed by atoms with van der Waals surface area (Å²) < 4.78 is 0. The maximum Gasteiger partial charge on any atom is 0.237 e. The molecule has 0 saturated carbocycles. The number of H-pyrrole nitrogens is 1.